The van der Waals surface area contributed by atoms with Crippen LogP contribution in [0.4, 0.5) is 0 Å². The van der Waals surface area contributed by atoms with Crippen molar-refractivity contribution in [1.29, 1.82) is 0 Å². The summed E-state index contributed by atoms with van der Waals surface area (Å²) in [5.41, 5.74) is 7.74. The molecule has 3 heterocycles. The quantitative estimate of drug-likeness (QED) is 0.225. The molecule has 0 aliphatic heterocycles. The van der Waals surface area contributed by atoms with Crippen LogP contribution in [-0.4, -0.2) is 19.3 Å². The van der Waals surface area contributed by atoms with Crippen LogP contribution in [0.5, 0.6) is 0 Å². The topological polar surface area (TPSA) is 35.6 Å². The molecule has 0 saturated carbocycles. The van der Waals surface area contributed by atoms with Crippen LogP contribution in [0, 0.1) is 0 Å². The van der Waals surface area contributed by atoms with Crippen LogP contribution in [0.15, 0.2) is 146 Å². The molecular formula is C38H24N4. The van der Waals surface area contributed by atoms with E-state index in [1.54, 1.807) is 0 Å². The monoisotopic (exact) mass is 536 g/mol. The summed E-state index contributed by atoms with van der Waals surface area (Å²) in [4.78, 5) is 0. The Morgan fingerprint density at radius 3 is 1.45 bits per heavy atom. The van der Waals surface area contributed by atoms with E-state index in [2.05, 4.69) is 142 Å². The van der Waals surface area contributed by atoms with Crippen molar-refractivity contribution in [3.05, 3.63) is 146 Å². The highest BCUT2D eigenvalue weighted by molar-refractivity contribution is 6.26. The van der Waals surface area contributed by atoms with Gasteiger partial charge in [0.25, 0.3) is 0 Å². The van der Waals surface area contributed by atoms with Crippen molar-refractivity contribution < 1.29 is 0 Å². The number of rotatable bonds is 3. The molecule has 42 heavy (non-hydrogen) atoms. The van der Waals surface area contributed by atoms with Gasteiger partial charge in [-0.1, -0.05) is 109 Å². The van der Waals surface area contributed by atoms with Crippen LogP contribution in [0.25, 0.3) is 77.1 Å². The highest BCUT2D eigenvalue weighted by Crippen LogP contribution is 2.41. The van der Waals surface area contributed by atoms with Crippen molar-refractivity contribution >= 4 is 54.4 Å². The second kappa shape index (κ2) is 8.88. The van der Waals surface area contributed by atoms with Gasteiger partial charge in [-0.2, -0.15) is 0 Å². The van der Waals surface area contributed by atoms with Gasteiger partial charge >= 0.3 is 0 Å². The van der Waals surface area contributed by atoms with E-state index in [4.69, 9.17) is 5.10 Å². The van der Waals surface area contributed by atoms with Gasteiger partial charge in [-0.25, -0.2) is 0 Å². The van der Waals surface area contributed by atoms with E-state index < -0.39 is 0 Å². The molecule has 4 heteroatoms. The number of nitrogens with zero attached hydrogens (tertiary/aromatic N) is 4. The molecule has 0 spiro atoms. The zero-order valence-electron chi connectivity index (χ0n) is 22.6. The summed E-state index contributed by atoms with van der Waals surface area (Å²) in [5.74, 6) is 0.803. The largest absolute Gasteiger partial charge is 0.309 e. The van der Waals surface area contributed by atoms with E-state index in [9.17, 15) is 0 Å². The molecule has 0 unspecified atom stereocenters. The zero-order valence-corrected chi connectivity index (χ0v) is 22.6. The van der Waals surface area contributed by atoms with Crippen LogP contribution in [0.2, 0.25) is 0 Å². The Morgan fingerprint density at radius 1 is 0.357 bits per heavy atom. The molecule has 0 fully saturated rings. The highest BCUT2D eigenvalue weighted by atomic mass is 15.2. The van der Waals surface area contributed by atoms with Gasteiger partial charge in [0, 0.05) is 43.6 Å². The Bertz CT molecular complexity index is 2430. The fourth-order valence-corrected chi connectivity index (χ4v) is 6.61. The summed E-state index contributed by atoms with van der Waals surface area (Å²) < 4.78 is 4.68. The maximum absolute atomic E-state index is 4.77. The maximum Gasteiger partial charge on any atom is 0.160 e. The Balaban J connectivity index is 1.40. The Morgan fingerprint density at radius 2 is 0.857 bits per heavy atom. The second-order valence-electron chi connectivity index (χ2n) is 10.7. The third-order valence-electron chi connectivity index (χ3n) is 8.42. The van der Waals surface area contributed by atoms with Crippen molar-refractivity contribution in [3.63, 3.8) is 0 Å². The Hall–Kier alpha value is -5.74. The predicted molar refractivity (Wildman–Crippen MR) is 174 cm³/mol. The molecule has 6 aromatic carbocycles. The summed E-state index contributed by atoms with van der Waals surface area (Å²) in [7, 11) is 0. The van der Waals surface area contributed by atoms with Crippen LogP contribution in [-0.2, 0) is 0 Å². The summed E-state index contributed by atoms with van der Waals surface area (Å²) in [6.45, 7) is 0. The van der Waals surface area contributed by atoms with Gasteiger partial charge in [0.1, 0.15) is 0 Å². The van der Waals surface area contributed by atoms with E-state index in [1.807, 2.05) is 18.2 Å². The van der Waals surface area contributed by atoms with Gasteiger partial charge in [0.2, 0.25) is 0 Å². The lowest BCUT2D eigenvalue weighted by Gasteiger charge is -2.12. The van der Waals surface area contributed by atoms with Crippen molar-refractivity contribution in [2.75, 3.05) is 0 Å². The average Bonchev–Trinajstić information content (AvgIpc) is 3.59. The van der Waals surface area contributed by atoms with Crippen molar-refractivity contribution in [1.82, 2.24) is 19.3 Å². The van der Waals surface area contributed by atoms with E-state index in [-0.39, 0.29) is 0 Å². The van der Waals surface area contributed by atoms with Gasteiger partial charge in [0.05, 0.1) is 27.8 Å². The second-order valence-corrected chi connectivity index (χ2v) is 10.7. The van der Waals surface area contributed by atoms with E-state index in [0.717, 1.165) is 33.8 Å². The number of para-hydroxylation sites is 3. The fourth-order valence-electron chi connectivity index (χ4n) is 6.61. The molecule has 0 amide bonds. The van der Waals surface area contributed by atoms with Gasteiger partial charge in [-0.3, -0.25) is 4.57 Å². The van der Waals surface area contributed by atoms with Crippen LogP contribution < -0.4 is 0 Å². The first-order valence-corrected chi connectivity index (χ1v) is 14.2. The predicted octanol–water partition coefficient (Wildman–Crippen LogP) is 9.49. The van der Waals surface area contributed by atoms with Gasteiger partial charge < -0.3 is 4.57 Å². The minimum Gasteiger partial charge on any atom is -0.309 e. The van der Waals surface area contributed by atoms with E-state index in [1.165, 1.54) is 43.4 Å². The third-order valence-corrected chi connectivity index (χ3v) is 8.42. The zero-order chi connectivity index (χ0) is 27.6. The molecule has 0 saturated heterocycles. The first-order chi connectivity index (χ1) is 20.9. The highest BCUT2D eigenvalue weighted by Gasteiger charge is 2.20. The Labute approximate surface area is 241 Å². The number of fused-ring (bicyclic) bond motifs is 9. The fraction of sp³-hybridized carbons (Fsp3) is 0. The molecule has 196 valence electrons. The van der Waals surface area contributed by atoms with Gasteiger partial charge in [0.15, 0.2) is 5.82 Å². The Kier molecular flexibility index (Phi) is 4.87. The molecule has 9 aromatic rings. The van der Waals surface area contributed by atoms with E-state index in [0.29, 0.717) is 0 Å². The van der Waals surface area contributed by atoms with Gasteiger partial charge in [-0.15, -0.1) is 10.2 Å². The van der Waals surface area contributed by atoms with Crippen LogP contribution >= 0.6 is 0 Å². The van der Waals surface area contributed by atoms with Crippen molar-refractivity contribution in [3.8, 4) is 22.8 Å². The summed E-state index contributed by atoms with van der Waals surface area (Å²) in [6, 6.07) is 51.4. The smallest absolute Gasteiger partial charge is 0.160 e. The van der Waals surface area contributed by atoms with Gasteiger partial charge in [-0.05, 0) is 36.4 Å². The average molecular weight is 537 g/mol. The molecule has 0 bridgehead atoms. The first-order valence-electron chi connectivity index (χ1n) is 14.2. The molecule has 3 aromatic heterocycles. The number of aromatic nitrogens is 4. The molecular weight excluding hydrogens is 512 g/mol. The SMILES string of the molecule is c1ccc(-c2ccc(-n3c4ccccc4c4ccc5c(ccc6c7ccccc7n(-c7ccccc7)c65)c43)nn2)cc1. The minimum atomic E-state index is 0.803. The lowest BCUT2D eigenvalue weighted by Crippen LogP contribution is -2.00. The van der Waals surface area contributed by atoms with E-state index >= 15 is 0 Å². The molecule has 0 N–H and O–H groups in total. The third kappa shape index (κ3) is 3.23. The normalized spacial score (nSPS) is 11.8. The molecule has 0 radical (unpaired) electrons. The molecule has 0 aliphatic carbocycles. The van der Waals surface area contributed by atoms with Crippen molar-refractivity contribution in [2.24, 2.45) is 0 Å². The summed E-state index contributed by atoms with van der Waals surface area (Å²) in [6.07, 6.45) is 0. The summed E-state index contributed by atoms with van der Waals surface area (Å²) >= 11 is 0. The van der Waals surface area contributed by atoms with Crippen LogP contribution in [0.3, 0.4) is 0 Å². The molecule has 0 atom stereocenters. The number of hydrogen-bond donors (Lipinski definition) is 0. The maximum atomic E-state index is 4.77. The standard InChI is InChI=1S/C38H24N4/c1-3-11-25(12-4-1)33-23-24-36(40-39-33)42-35-18-10-8-16-28(35)30-20-21-31-32(38(30)42)22-19-29-27-15-7-9-17-34(27)41(37(29)31)26-13-5-2-6-14-26/h1-24H. The lowest BCUT2D eigenvalue weighted by molar-refractivity contribution is 0.959. The molecule has 9 rings (SSSR count). The summed E-state index contributed by atoms with van der Waals surface area (Å²) in [5, 5.41) is 16.7. The lowest BCUT2D eigenvalue weighted by atomic mass is 10.0. The van der Waals surface area contributed by atoms with Crippen LogP contribution in [0.1, 0.15) is 0 Å². The number of benzene rings is 6. The molecule has 0 aliphatic rings. The first kappa shape index (κ1) is 23.0. The van der Waals surface area contributed by atoms with Crippen molar-refractivity contribution in [2.45, 2.75) is 0 Å². The minimum absolute atomic E-state index is 0.803. The molecule has 4 nitrogen and oxygen atoms in total. The number of hydrogen-bond acceptors (Lipinski definition) is 2.